The van der Waals surface area contributed by atoms with Crippen LogP contribution in [-0.4, -0.2) is 10.9 Å². The third-order valence-corrected chi connectivity index (χ3v) is 2.82. The Morgan fingerprint density at radius 2 is 2.17 bits per heavy atom. The van der Waals surface area contributed by atoms with Crippen LogP contribution < -0.4 is 5.32 Å². The first kappa shape index (κ1) is 12.0. The zero-order valence-corrected chi connectivity index (χ0v) is 10.1. The fraction of sp³-hybridized carbons (Fsp3) is 0. The molecular weight excluding hydrogens is 246 g/mol. The molecule has 2 rings (SSSR count). The van der Waals surface area contributed by atoms with Crippen LogP contribution in [0.5, 0.6) is 0 Å². The topological polar surface area (TPSA) is 65.8 Å². The van der Waals surface area contributed by atoms with Gasteiger partial charge < -0.3 is 0 Å². The van der Waals surface area contributed by atoms with E-state index in [2.05, 4.69) is 10.3 Å². The van der Waals surface area contributed by atoms with E-state index in [0.29, 0.717) is 5.13 Å². The first-order valence-electron chi connectivity index (χ1n) is 5.17. The molecule has 5 heteroatoms. The lowest BCUT2D eigenvalue weighted by atomic mass is 10.1. The Morgan fingerprint density at radius 1 is 1.39 bits per heavy atom. The lowest BCUT2D eigenvalue weighted by Gasteiger charge is -1.99. The third-order valence-electron chi connectivity index (χ3n) is 2.13. The van der Waals surface area contributed by atoms with Gasteiger partial charge in [0.05, 0.1) is 0 Å². The number of hydrogen-bond acceptors (Lipinski definition) is 4. The molecule has 0 spiro atoms. The Bertz CT molecular complexity index is 597. The summed E-state index contributed by atoms with van der Waals surface area (Å²) in [5.41, 5.74) is 0.861. The average molecular weight is 255 g/mol. The highest BCUT2D eigenvalue weighted by atomic mass is 32.1. The molecule has 4 nitrogen and oxygen atoms in total. The van der Waals surface area contributed by atoms with Crippen molar-refractivity contribution >= 4 is 28.5 Å². The van der Waals surface area contributed by atoms with Gasteiger partial charge in [-0.05, 0) is 11.6 Å². The Labute approximate surface area is 108 Å². The second kappa shape index (κ2) is 5.75. The molecule has 0 radical (unpaired) electrons. The minimum absolute atomic E-state index is 0.0522. The van der Waals surface area contributed by atoms with E-state index < -0.39 is 5.91 Å². The quantitative estimate of drug-likeness (QED) is 0.677. The van der Waals surface area contributed by atoms with Crippen molar-refractivity contribution in [2.75, 3.05) is 5.32 Å². The molecule has 0 aliphatic heterocycles. The average Bonchev–Trinajstić information content (AvgIpc) is 2.90. The van der Waals surface area contributed by atoms with E-state index in [1.807, 2.05) is 36.4 Å². The summed E-state index contributed by atoms with van der Waals surface area (Å²) in [6.07, 6.45) is 3.14. The molecule has 0 fully saturated rings. The SMILES string of the molecule is N#CC(=Cc1ccccc1)C(=O)Nc1nccs1. The first-order chi connectivity index (χ1) is 8.79. The van der Waals surface area contributed by atoms with Crippen LogP contribution in [0.1, 0.15) is 5.56 Å². The van der Waals surface area contributed by atoms with Crippen LogP contribution in [0.2, 0.25) is 0 Å². The molecule has 0 atom stereocenters. The third kappa shape index (κ3) is 3.03. The van der Waals surface area contributed by atoms with Gasteiger partial charge in [0, 0.05) is 11.6 Å². The predicted octanol–water partition coefficient (Wildman–Crippen LogP) is 2.69. The molecular formula is C13H9N3OS. The Kier molecular flexibility index (Phi) is 3.84. The van der Waals surface area contributed by atoms with E-state index in [1.54, 1.807) is 17.7 Å². The molecule has 88 valence electrons. The fourth-order valence-corrected chi connectivity index (χ4v) is 1.84. The number of rotatable bonds is 3. The van der Waals surface area contributed by atoms with Gasteiger partial charge in [0.2, 0.25) is 0 Å². The van der Waals surface area contributed by atoms with Crippen molar-refractivity contribution in [3.8, 4) is 6.07 Å². The van der Waals surface area contributed by atoms with Gasteiger partial charge in [-0.25, -0.2) is 4.98 Å². The largest absolute Gasteiger partial charge is 0.297 e. The van der Waals surface area contributed by atoms with E-state index in [1.165, 1.54) is 11.3 Å². The van der Waals surface area contributed by atoms with Gasteiger partial charge in [0.15, 0.2) is 5.13 Å². The van der Waals surface area contributed by atoms with Gasteiger partial charge in [-0.1, -0.05) is 30.3 Å². The van der Waals surface area contributed by atoms with E-state index >= 15 is 0 Å². The first-order valence-corrected chi connectivity index (χ1v) is 6.05. The Morgan fingerprint density at radius 3 is 2.78 bits per heavy atom. The summed E-state index contributed by atoms with van der Waals surface area (Å²) < 4.78 is 0. The molecule has 1 amide bonds. The van der Waals surface area contributed by atoms with Crippen molar-refractivity contribution in [2.45, 2.75) is 0 Å². The number of hydrogen-bond donors (Lipinski definition) is 1. The highest BCUT2D eigenvalue weighted by Crippen LogP contribution is 2.13. The maximum Gasteiger partial charge on any atom is 0.268 e. The normalized spacial score (nSPS) is 10.7. The number of benzene rings is 1. The monoisotopic (exact) mass is 255 g/mol. The van der Waals surface area contributed by atoms with Gasteiger partial charge >= 0.3 is 0 Å². The predicted molar refractivity (Wildman–Crippen MR) is 70.8 cm³/mol. The summed E-state index contributed by atoms with van der Waals surface area (Å²) in [4.78, 5) is 15.7. The highest BCUT2D eigenvalue weighted by molar-refractivity contribution is 7.13. The maximum absolute atomic E-state index is 11.8. The number of nitrogens with zero attached hydrogens (tertiary/aromatic N) is 2. The van der Waals surface area contributed by atoms with Gasteiger partial charge in [0.25, 0.3) is 5.91 Å². The highest BCUT2D eigenvalue weighted by Gasteiger charge is 2.10. The van der Waals surface area contributed by atoms with E-state index in [0.717, 1.165) is 5.56 Å². The van der Waals surface area contributed by atoms with Crippen LogP contribution >= 0.6 is 11.3 Å². The summed E-state index contributed by atoms with van der Waals surface area (Å²) in [7, 11) is 0. The zero-order valence-electron chi connectivity index (χ0n) is 9.33. The van der Waals surface area contributed by atoms with Crippen LogP contribution in [0.15, 0.2) is 47.5 Å². The number of thiazole rings is 1. The molecule has 0 aliphatic carbocycles. The van der Waals surface area contributed by atoms with Crippen molar-refractivity contribution in [1.29, 1.82) is 5.26 Å². The Balaban J connectivity index is 2.17. The summed E-state index contributed by atoms with van der Waals surface area (Å²) in [6, 6.07) is 11.1. The number of anilines is 1. The summed E-state index contributed by atoms with van der Waals surface area (Å²) in [5.74, 6) is -0.448. The number of carbonyl (C=O) groups excluding carboxylic acids is 1. The van der Waals surface area contributed by atoms with Crippen LogP contribution in [0.25, 0.3) is 6.08 Å². The summed E-state index contributed by atoms with van der Waals surface area (Å²) in [6.45, 7) is 0. The van der Waals surface area contributed by atoms with Crippen LogP contribution in [0.4, 0.5) is 5.13 Å². The number of carbonyl (C=O) groups is 1. The number of aromatic nitrogens is 1. The zero-order chi connectivity index (χ0) is 12.8. The van der Waals surface area contributed by atoms with Crippen molar-refractivity contribution in [1.82, 2.24) is 4.98 Å². The van der Waals surface area contributed by atoms with E-state index in [4.69, 9.17) is 5.26 Å². The minimum Gasteiger partial charge on any atom is -0.297 e. The molecule has 0 bridgehead atoms. The number of nitriles is 1. The molecule has 0 saturated carbocycles. The van der Waals surface area contributed by atoms with Crippen LogP contribution in [0, 0.1) is 11.3 Å². The fourth-order valence-electron chi connectivity index (χ4n) is 1.31. The molecule has 1 N–H and O–H groups in total. The van der Waals surface area contributed by atoms with Crippen molar-refractivity contribution < 1.29 is 4.79 Å². The second-order valence-corrected chi connectivity index (χ2v) is 4.27. The standard InChI is InChI=1S/C13H9N3OS/c14-9-11(8-10-4-2-1-3-5-10)12(17)16-13-15-6-7-18-13/h1-8H,(H,15,16,17). The summed E-state index contributed by atoms with van der Waals surface area (Å²) in [5, 5.41) is 13.8. The van der Waals surface area contributed by atoms with Crippen molar-refractivity contribution in [3.05, 3.63) is 53.0 Å². The lowest BCUT2D eigenvalue weighted by Crippen LogP contribution is -2.13. The molecule has 0 aliphatic rings. The summed E-state index contributed by atoms with van der Waals surface area (Å²) >= 11 is 1.31. The van der Waals surface area contributed by atoms with Crippen molar-refractivity contribution in [2.24, 2.45) is 0 Å². The van der Waals surface area contributed by atoms with Crippen LogP contribution in [0.3, 0.4) is 0 Å². The molecule has 1 aromatic carbocycles. The Hall–Kier alpha value is -2.45. The van der Waals surface area contributed by atoms with Crippen LogP contribution in [-0.2, 0) is 4.79 Å². The number of nitrogens with one attached hydrogen (secondary N) is 1. The van der Waals surface area contributed by atoms with E-state index in [9.17, 15) is 4.79 Å². The van der Waals surface area contributed by atoms with Gasteiger partial charge in [-0.3, -0.25) is 10.1 Å². The molecule has 18 heavy (non-hydrogen) atoms. The van der Waals surface area contributed by atoms with Gasteiger partial charge in [-0.15, -0.1) is 11.3 Å². The molecule has 1 heterocycles. The molecule has 0 saturated heterocycles. The van der Waals surface area contributed by atoms with Gasteiger partial charge in [0.1, 0.15) is 11.6 Å². The smallest absolute Gasteiger partial charge is 0.268 e. The van der Waals surface area contributed by atoms with E-state index in [-0.39, 0.29) is 5.57 Å². The lowest BCUT2D eigenvalue weighted by molar-refractivity contribution is -0.112. The van der Waals surface area contributed by atoms with Gasteiger partial charge in [-0.2, -0.15) is 5.26 Å². The second-order valence-electron chi connectivity index (χ2n) is 3.37. The molecule has 2 aromatic rings. The maximum atomic E-state index is 11.8. The van der Waals surface area contributed by atoms with Crippen molar-refractivity contribution in [3.63, 3.8) is 0 Å². The number of amides is 1. The molecule has 1 aromatic heterocycles. The minimum atomic E-state index is -0.448. The molecule has 0 unspecified atom stereocenters.